The Labute approximate surface area is 172 Å². The summed E-state index contributed by atoms with van der Waals surface area (Å²) in [5.41, 5.74) is 0.939. The number of Topliss-reactive ketones (excluding diaryl/α,β-unsaturated/α-hetero) is 1. The average molecular weight is 415 g/mol. The predicted molar refractivity (Wildman–Crippen MR) is 105 cm³/mol. The molecule has 30 heavy (non-hydrogen) atoms. The third kappa shape index (κ3) is 4.99. The van der Waals surface area contributed by atoms with E-state index in [4.69, 9.17) is 23.7 Å². The normalized spacial score (nSPS) is 12.6. The van der Waals surface area contributed by atoms with Gasteiger partial charge in [0.2, 0.25) is 6.79 Å². The molecule has 2 aromatic carbocycles. The molecule has 1 aliphatic heterocycles. The minimum Gasteiger partial charge on any atom is -0.493 e. The lowest BCUT2D eigenvalue weighted by molar-refractivity contribution is -0.155. The van der Waals surface area contributed by atoms with Crippen molar-refractivity contribution in [2.24, 2.45) is 0 Å². The van der Waals surface area contributed by atoms with Crippen molar-refractivity contribution >= 4 is 23.3 Å². The minimum atomic E-state index is -1.05. The lowest BCUT2D eigenvalue weighted by atomic mass is 10.1. The molecule has 0 saturated heterocycles. The van der Waals surface area contributed by atoms with E-state index in [0.29, 0.717) is 28.5 Å². The number of amides is 1. The third-order valence-corrected chi connectivity index (χ3v) is 4.23. The molecular weight excluding hydrogens is 394 g/mol. The van der Waals surface area contributed by atoms with Crippen LogP contribution in [0, 0.1) is 0 Å². The summed E-state index contributed by atoms with van der Waals surface area (Å²) in [6.45, 7) is 2.57. The lowest BCUT2D eigenvalue weighted by Crippen LogP contribution is -2.31. The van der Waals surface area contributed by atoms with E-state index in [1.807, 2.05) is 0 Å². The highest BCUT2D eigenvalue weighted by Gasteiger charge is 2.20. The number of anilines is 1. The molecule has 1 aliphatic rings. The molecule has 0 radical (unpaired) electrons. The highest BCUT2D eigenvalue weighted by Crippen LogP contribution is 2.34. The second-order valence-electron chi connectivity index (χ2n) is 6.40. The van der Waals surface area contributed by atoms with Gasteiger partial charge in [0.15, 0.2) is 41.5 Å². The SMILES string of the molecule is COc1cc(C(C)=O)ccc1OCC(=O)O[C@@H](C)C(=O)Nc1ccc2c(c1)OCO2. The summed E-state index contributed by atoms with van der Waals surface area (Å²) in [5, 5.41) is 2.64. The van der Waals surface area contributed by atoms with Crippen LogP contribution in [0.2, 0.25) is 0 Å². The molecule has 0 saturated carbocycles. The number of esters is 1. The third-order valence-electron chi connectivity index (χ3n) is 4.23. The Hall–Kier alpha value is -3.75. The highest BCUT2D eigenvalue weighted by atomic mass is 16.7. The maximum Gasteiger partial charge on any atom is 0.344 e. The molecule has 0 aromatic heterocycles. The number of methoxy groups -OCH3 is 1. The van der Waals surface area contributed by atoms with Crippen LogP contribution in [-0.4, -0.2) is 44.3 Å². The van der Waals surface area contributed by atoms with Gasteiger partial charge in [0.1, 0.15) is 0 Å². The predicted octanol–water partition coefficient (Wildman–Crippen LogP) is 2.58. The maximum absolute atomic E-state index is 12.3. The highest BCUT2D eigenvalue weighted by molar-refractivity contribution is 5.95. The van der Waals surface area contributed by atoms with Gasteiger partial charge in [-0.1, -0.05) is 0 Å². The van der Waals surface area contributed by atoms with Crippen molar-refractivity contribution in [3.05, 3.63) is 42.0 Å². The zero-order valence-electron chi connectivity index (χ0n) is 16.7. The van der Waals surface area contributed by atoms with Crippen molar-refractivity contribution in [1.29, 1.82) is 0 Å². The molecule has 1 heterocycles. The van der Waals surface area contributed by atoms with Crippen LogP contribution in [0.1, 0.15) is 24.2 Å². The van der Waals surface area contributed by atoms with E-state index in [-0.39, 0.29) is 18.3 Å². The van der Waals surface area contributed by atoms with Crippen molar-refractivity contribution in [2.45, 2.75) is 20.0 Å². The van der Waals surface area contributed by atoms with Crippen LogP contribution in [0.5, 0.6) is 23.0 Å². The average Bonchev–Trinajstić information content (AvgIpc) is 3.19. The zero-order chi connectivity index (χ0) is 21.7. The van der Waals surface area contributed by atoms with Crippen molar-refractivity contribution < 1.29 is 38.1 Å². The number of carbonyl (C=O) groups is 3. The van der Waals surface area contributed by atoms with E-state index in [0.717, 1.165) is 0 Å². The second-order valence-corrected chi connectivity index (χ2v) is 6.40. The number of ketones is 1. The molecule has 1 atom stereocenters. The Morgan fingerprint density at radius 2 is 1.83 bits per heavy atom. The number of fused-ring (bicyclic) bond motifs is 1. The van der Waals surface area contributed by atoms with Crippen molar-refractivity contribution in [3.8, 4) is 23.0 Å². The summed E-state index contributed by atoms with van der Waals surface area (Å²) in [4.78, 5) is 35.8. The first kappa shape index (κ1) is 21.0. The maximum atomic E-state index is 12.3. The first-order valence-electron chi connectivity index (χ1n) is 9.09. The van der Waals surface area contributed by atoms with E-state index in [1.165, 1.54) is 33.1 Å². The molecule has 0 unspecified atom stereocenters. The summed E-state index contributed by atoms with van der Waals surface area (Å²) in [5.74, 6) is 0.334. The van der Waals surface area contributed by atoms with Crippen LogP contribution in [0.4, 0.5) is 5.69 Å². The van der Waals surface area contributed by atoms with Crippen LogP contribution in [-0.2, 0) is 14.3 Å². The second kappa shape index (κ2) is 9.17. The largest absolute Gasteiger partial charge is 0.493 e. The van der Waals surface area contributed by atoms with Crippen LogP contribution in [0.3, 0.4) is 0 Å². The van der Waals surface area contributed by atoms with Crippen LogP contribution >= 0.6 is 0 Å². The van der Waals surface area contributed by atoms with E-state index in [1.54, 1.807) is 24.3 Å². The molecule has 158 valence electrons. The first-order valence-corrected chi connectivity index (χ1v) is 9.09. The quantitative estimate of drug-likeness (QED) is 0.518. The van der Waals surface area contributed by atoms with Crippen LogP contribution < -0.4 is 24.3 Å². The van der Waals surface area contributed by atoms with Gasteiger partial charge in [0.05, 0.1) is 7.11 Å². The summed E-state index contributed by atoms with van der Waals surface area (Å²) >= 11 is 0. The lowest BCUT2D eigenvalue weighted by Gasteiger charge is -2.15. The van der Waals surface area contributed by atoms with Gasteiger partial charge in [-0.25, -0.2) is 4.79 Å². The first-order chi connectivity index (χ1) is 14.4. The molecule has 0 bridgehead atoms. The Bertz CT molecular complexity index is 971. The number of nitrogens with one attached hydrogen (secondary N) is 1. The van der Waals surface area contributed by atoms with E-state index >= 15 is 0 Å². The molecule has 2 aromatic rings. The molecular formula is C21H21NO8. The monoisotopic (exact) mass is 415 g/mol. The standard InChI is InChI=1S/C21H21NO8/c1-12(23)14-4-6-16(18(8-14)26-3)27-10-20(24)30-13(2)21(25)22-15-5-7-17-19(9-15)29-11-28-17/h4-9,13H,10-11H2,1-3H3,(H,22,25)/t13-/m0/s1. The molecule has 3 rings (SSSR count). The van der Waals surface area contributed by atoms with Gasteiger partial charge in [0, 0.05) is 17.3 Å². The smallest absolute Gasteiger partial charge is 0.344 e. The Balaban J connectivity index is 1.52. The molecule has 0 fully saturated rings. The number of rotatable bonds is 8. The zero-order valence-corrected chi connectivity index (χ0v) is 16.7. The van der Waals surface area contributed by atoms with Crippen molar-refractivity contribution in [1.82, 2.24) is 0 Å². The summed E-state index contributed by atoms with van der Waals surface area (Å²) in [7, 11) is 1.42. The van der Waals surface area contributed by atoms with Gasteiger partial charge in [-0.2, -0.15) is 0 Å². The molecule has 0 aliphatic carbocycles. The fourth-order valence-electron chi connectivity index (χ4n) is 2.65. The van der Waals surface area contributed by atoms with E-state index in [2.05, 4.69) is 5.32 Å². The topological polar surface area (TPSA) is 109 Å². The molecule has 1 amide bonds. The Kier molecular flexibility index (Phi) is 6.41. The van der Waals surface area contributed by atoms with Gasteiger partial charge in [0.25, 0.3) is 5.91 Å². The van der Waals surface area contributed by atoms with E-state index < -0.39 is 24.6 Å². The van der Waals surface area contributed by atoms with Gasteiger partial charge in [-0.05, 0) is 44.2 Å². The van der Waals surface area contributed by atoms with Crippen LogP contribution in [0.25, 0.3) is 0 Å². The number of hydrogen-bond donors (Lipinski definition) is 1. The van der Waals surface area contributed by atoms with Gasteiger partial charge in [-0.3, -0.25) is 9.59 Å². The molecule has 9 heteroatoms. The number of benzene rings is 2. The van der Waals surface area contributed by atoms with Crippen LogP contribution in [0.15, 0.2) is 36.4 Å². The van der Waals surface area contributed by atoms with Gasteiger partial charge in [-0.15, -0.1) is 0 Å². The summed E-state index contributed by atoms with van der Waals surface area (Å²) in [6, 6.07) is 9.55. The van der Waals surface area contributed by atoms with Gasteiger partial charge < -0.3 is 29.0 Å². The molecule has 0 spiro atoms. The Morgan fingerprint density at radius 1 is 1.07 bits per heavy atom. The number of hydrogen-bond acceptors (Lipinski definition) is 8. The van der Waals surface area contributed by atoms with Crippen molar-refractivity contribution in [3.63, 3.8) is 0 Å². The van der Waals surface area contributed by atoms with Crippen molar-refractivity contribution in [2.75, 3.05) is 25.8 Å². The van der Waals surface area contributed by atoms with Gasteiger partial charge >= 0.3 is 5.97 Å². The fraction of sp³-hybridized carbons (Fsp3) is 0.286. The summed E-state index contributed by atoms with van der Waals surface area (Å²) in [6.07, 6.45) is -1.05. The summed E-state index contributed by atoms with van der Waals surface area (Å²) < 4.78 is 26.1. The fourth-order valence-corrected chi connectivity index (χ4v) is 2.65. The number of carbonyl (C=O) groups excluding carboxylic acids is 3. The molecule has 9 nitrogen and oxygen atoms in total. The minimum absolute atomic E-state index is 0.124. The number of ether oxygens (including phenoxy) is 5. The Morgan fingerprint density at radius 3 is 2.57 bits per heavy atom. The molecule has 1 N–H and O–H groups in total. The van der Waals surface area contributed by atoms with E-state index in [9.17, 15) is 14.4 Å².